The molecule has 0 amide bonds. The Kier molecular flexibility index (Phi) is 7.64. The van der Waals surface area contributed by atoms with E-state index in [9.17, 15) is 0 Å². The first-order chi connectivity index (χ1) is 13.7. The summed E-state index contributed by atoms with van der Waals surface area (Å²) in [6.07, 6.45) is 6.70. The second-order valence-electron chi connectivity index (χ2n) is 7.24. The third-order valence-electron chi connectivity index (χ3n) is 5.22. The molecule has 2 aromatic carbocycles. The Labute approximate surface area is 173 Å². The van der Waals surface area contributed by atoms with Gasteiger partial charge in [-0.1, -0.05) is 48.5 Å². The van der Waals surface area contributed by atoms with Gasteiger partial charge in [0.05, 0.1) is 0 Å². The minimum atomic E-state index is 0.289. The van der Waals surface area contributed by atoms with Crippen LogP contribution in [0.4, 0.5) is 0 Å². The minimum absolute atomic E-state index is 0.289. The number of hydrogen-bond acceptors (Lipinski definition) is 2. The van der Waals surface area contributed by atoms with E-state index < -0.39 is 0 Å². The van der Waals surface area contributed by atoms with Crippen LogP contribution in [-0.4, -0.2) is 24.6 Å². The van der Waals surface area contributed by atoms with Crippen molar-refractivity contribution in [2.75, 3.05) is 19.6 Å². The number of nitrogens with zero attached hydrogens (tertiary/aromatic N) is 1. The summed E-state index contributed by atoms with van der Waals surface area (Å²) in [7, 11) is 1.76. The van der Waals surface area contributed by atoms with E-state index in [1.807, 2.05) is 18.5 Å². The molecular formula is C25H28ClNO. The van der Waals surface area contributed by atoms with E-state index >= 15 is 0 Å². The maximum Gasteiger partial charge on any atom is 0.0465 e. The number of pyridine rings is 1. The summed E-state index contributed by atoms with van der Waals surface area (Å²) in [4.78, 5) is 4.23. The molecule has 0 spiro atoms. The molecule has 0 N–H and O–H groups in total. The van der Waals surface area contributed by atoms with Gasteiger partial charge in [0.1, 0.15) is 0 Å². The fourth-order valence-electron chi connectivity index (χ4n) is 3.78. The molecule has 3 heteroatoms. The van der Waals surface area contributed by atoms with Crippen LogP contribution in [0.1, 0.15) is 34.6 Å². The van der Waals surface area contributed by atoms with Gasteiger partial charge in [0.15, 0.2) is 0 Å². The molecule has 1 unspecified atom stereocenters. The molecule has 3 rings (SSSR count). The number of hydrogen-bond donors (Lipinski definition) is 0. The van der Waals surface area contributed by atoms with Crippen molar-refractivity contribution in [2.45, 2.75) is 32.1 Å². The number of benzene rings is 2. The lowest BCUT2D eigenvalue weighted by atomic mass is 9.88. The van der Waals surface area contributed by atoms with Gasteiger partial charge in [-0.15, -0.1) is 11.6 Å². The Morgan fingerprint density at radius 3 is 2.64 bits per heavy atom. The molecule has 146 valence electrons. The van der Waals surface area contributed by atoms with Gasteiger partial charge in [-0.3, -0.25) is 4.98 Å². The molecule has 0 aliphatic carbocycles. The highest BCUT2D eigenvalue weighted by molar-refractivity contribution is 6.18. The van der Waals surface area contributed by atoms with E-state index in [0.717, 1.165) is 25.9 Å². The van der Waals surface area contributed by atoms with E-state index in [0.29, 0.717) is 5.88 Å². The van der Waals surface area contributed by atoms with Gasteiger partial charge >= 0.3 is 0 Å². The molecule has 0 saturated heterocycles. The first-order valence-corrected chi connectivity index (χ1v) is 10.4. The Hall–Kier alpha value is -2.16. The summed E-state index contributed by atoms with van der Waals surface area (Å²) < 4.78 is 5.21. The van der Waals surface area contributed by atoms with Crippen molar-refractivity contribution < 1.29 is 4.74 Å². The highest BCUT2D eigenvalue weighted by Crippen LogP contribution is 2.31. The second-order valence-corrected chi connectivity index (χ2v) is 7.55. The van der Waals surface area contributed by atoms with E-state index in [4.69, 9.17) is 16.3 Å². The number of aromatic nitrogens is 1. The molecule has 0 radical (unpaired) electrons. The Morgan fingerprint density at radius 2 is 1.93 bits per heavy atom. The first-order valence-electron chi connectivity index (χ1n) is 9.85. The lowest BCUT2D eigenvalue weighted by molar-refractivity contribution is 0.195. The third-order valence-corrected chi connectivity index (χ3v) is 5.60. The van der Waals surface area contributed by atoms with Crippen LogP contribution in [0.15, 0.2) is 67.0 Å². The zero-order chi connectivity index (χ0) is 19.8. The molecule has 0 aliphatic rings. The van der Waals surface area contributed by atoms with E-state index in [1.54, 1.807) is 7.11 Å². The van der Waals surface area contributed by atoms with Crippen LogP contribution in [0, 0.1) is 6.92 Å². The predicted molar refractivity (Wildman–Crippen MR) is 118 cm³/mol. The monoisotopic (exact) mass is 393 g/mol. The zero-order valence-corrected chi connectivity index (χ0v) is 17.5. The summed E-state index contributed by atoms with van der Waals surface area (Å²) in [6.45, 7) is 2.98. The normalized spacial score (nSPS) is 12.1. The maximum absolute atomic E-state index is 6.34. The van der Waals surface area contributed by atoms with Crippen molar-refractivity contribution in [1.82, 2.24) is 4.98 Å². The van der Waals surface area contributed by atoms with Gasteiger partial charge in [0.2, 0.25) is 0 Å². The van der Waals surface area contributed by atoms with Crippen LogP contribution in [0.3, 0.4) is 0 Å². The minimum Gasteiger partial charge on any atom is -0.385 e. The Morgan fingerprint density at radius 1 is 1.07 bits per heavy atom. The van der Waals surface area contributed by atoms with Crippen LogP contribution in [0.5, 0.6) is 0 Å². The van der Waals surface area contributed by atoms with Crippen molar-refractivity contribution >= 4 is 11.6 Å². The fraction of sp³-hybridized carbons (Fsp3) is 0.320. The predicted octanol–water partition coefficient (Wildman–Crippen LogP) is 6.20. The lowest BCUT2D eigenvalue weighted by Gasteiger charge is -2.19. The molecule has 0 aliphatic heterocycles. The maximum atomic E-state index is 6.34. The molecule has 3 aromatic rings. The molecule has 0 fully saturated rings. The Balaban J connectivity index is 1.84. The molecule has 1 aromatic heterocycles. The number of halogens is 1. The molecular weight excluding hydrogens is 366 g/mol. The summed E-state index contributed by atoms with van der Waals surface area (Å²) in [5, 5.41) is 0. The molecule has 0 bridgehead atoms. The van der Waals surface area contributed by atoms with Gasteiger partial charge in [0.25, 0.3) is 0 Å². The molecule has 2 nitrogen and oxygen atoms in total. The van der Waals surface area contributed by atoms with Crippen LogP contribution in [-0.2, 0) is 17.6 Å². The fourth-order valence-corrected chi connectivity index (χ4v) is 4.05. The number of rotatable bonds is 9. The summed E-state index contributed by atoms with van der Waals surface area (Å²) >= 11 is 6.34. The van der Waals surface area contributed by atoms with Crippen molar-refractivity contribution in [2.24, 2.45) is 0 Å². The van der Waals surface area contributed by atoms with Crippen molar-refractivity contribution in [3.05, 3.63) is 89.2 Å². The van der Waals surface area contributed by atoms with Crippen LogP contribution < -0.4 is 0 Å². The summed E-state index contributed by atoms with van der Waals surface area (Å²) in [5.74, 6) is 0.889. The SMILES string of the molecule is COCCCc1ccccc1-c1ccc(C(CCl)Cc2cccnc2)c(C)c1. The molecule has 1 heterocycles. The smallest absolute Gasteiger partial charge is 0.0465 e. The van der Waals surface area contributed by atoms with E-state index in [-0.39, 0.29) is 5.92 Å². The van der Waals surface area contributed by atoms with Crippen molar-refractivity contribution in [3.63, 3.8) is 0 Å². The average Bonchev–Trinajstić information content (AvgIpc) is 2.73. The van der Waals surface area contributed by atoms with Gasteiger partial charge in [0, 0.05) is 37.9 Å². The van der Waals surface area contributed by atoms with Gasteiger partial charge in [-0.2, -0.15) is 0 Å². The van der Waals surface area contributed by atoms with E-state index in [2.05, 4.69) is 60.4 Å². The lowest BCUT2D eigenvalue weighted by Crippen LogP contribution is -2.07. The molecule has 28 heavy (non-hydrogen) atoms. The largest absolute Gasteiger partial charge is 0.385 e. The second kappa shape index (κ2) is 10.4. The number of methoxy groups -OCH3 is 1. The van der Waals surface area contributed by atoms with Gasteiger partial charge < -0.3 is 4.74 Å². The van der Waals surface area contributed by atoms with Gasteiger partial charge in [-0.25, -0.2) is 0 Å². The van der Waals surface area contributed by atoms with Crippen LogP contribution in [0.25, 0.3) is 11.1 Å². The number of aryl methyl sites for hydroxylation is 2. The first kappa shape index (κ1) is 20.6. The van der Waals surface area contributed by atoms with Crippen molar-refractivity contribution in [3.8, 4) is 11.1 Å². The van der Waals surface area contributed by atoms with E-state index in [1.165, 1.54) is 33.4 Å². The van der Waals surface area contributed by atoms with Crippen LogP contribution >= 0.6 is 11.6 Å². The van der Waals surface area contributed by atoms with Crippen molar-refractivity contribution in [1.29, 1.82) is 0 Å². The zero-order valence-electron chi connectivity index (χ0n) is 16.7. The molecule has 0 saturated carbocycles. The number of ether oxygens (including phenoxy) is 1. The summed E-state index contributed by atoms with van der Waals surface area (Å²) in [5.41, 5.74) is 7.78. The average molecular weight is 394 g/mol. The Bertz CT molecular complexity index is 879. The molecule has 1 atom stereocenters. The topological polar surface area (TPSA) is 22.1 Å². The van der Waals surface area contributed by atoms with Crippen LogP contribution in [0.2, 0.25) is 0 Å². The quantitative estimate of drug-likeness (QED) is 0.319. The third kappa shape index (κ3) is 5.21. The highest BCUT2D eigenvalue weighted by Gasteiger charge is 2.15. The highest BCUT2D eigenvalue weighted by atomic mass is 35.5. The van der Waals surface area contributed by atoms with Gasteiger partial charge in [-0.05, 0) is 65.6 Å². The summed E-state index contributed by atoms with van der Waals surface area (Å²) in [6, 6.07) is 19.5. The standard InChI is InChI=1S/C25H28ClNO/c1-19-15-22(25-10-4-3-8-21(25)9-6-14-28-2)11-12-24(19)23(17-26)16-20-7-5-13-27-18-20/h3-5,7-8,10-13,15,18,23H,6,9,14,16-17H2,1-2H3. The number of alkyl halides is 1.